The van der Waals surface area contributed by atoms with Crippen LogP contribution < -0.4 is 14.4 Å². The molecule has 0 aliphatic carbocycles. The summed E-state index contributed by atoms with van der Waals surface area (Å²) in [6.07, 6.45) is 0.570. The van der Waals surface area contributed by atoms with E-state index in [2.05, 4.69) is 5.32 Å². The lowest BCUT2D eigenvalue weighted by atomic mass is 10.1. The van der Waals surface area contributed by atoms with Crippen molar-refractivity contribution in [3.8, 4) is 5.75 Å². The number of nitrogens with zero attached hydrogens (tertiary/aromatic N) is 2. The molecule has 0 saturated carbocycles. The topological polar surface area (TPSA) is 102 Å². The van der Waals surface area contributed by atoms with Crippen LogP contribution in [-0.4, -0.2) is 32.7 Å². The Hall–Kier alpha value is -2.88. The van der Waals surface area contributed by atoms with Crippen LogP contribution in [0.15, 0.2) is 36.4 Å². The predicted molar refractivity (Wildman–Crippen MR) is 99.1 cm³/mol. The van der Waals surface area contributed by atoms with Crippen LogP contribution in [0.1, 0.15) is 12.0 Å². The third-order valence-electron chi connectivity index (χ3n) is 4.24. The summed E-state index contributed by atoms with van der Waals surface area (Å²) < 4.78 is 44.4. The summed E-state index contributed by atoms with van der Waals surface area (Å²) in [5, 5.41) is 14.0. The van der Waals surface area contributed by atoms with E-state index >= 15 is 0 Å². The monoisotopic (exact) mass is 395 g/mol. The van der Waals surface area contributed by atoms with Gasteiger partial charge in [0.15, 0.2) is 0 Å². The van der Waals surface area contributed by atoms with Crippen molar-refractivity contribution in [3.05, 3.63) is 57.9 Å². The molecule has 1 aliphatic rings. The van der Waals surface area contributed by atoms with Crippen LogP contribution in [0.25, 0.3) is 0 Å². The normalized spacial score (nSPS) is 15.6. The number of ether oxygens (including phenoxy) is 1. The maximum atomic E-state index is 14.0. The summed E-state index contributed by atoms with van der Waals surface area (Å²) in [5.41, 5.74) is 0.551. The Balaban J connectivity index is 1.85. The molecule has 0 unspecified atom stereocenters. The summed E-state index contributed by atoms with van der Waals surface area (Å²) in [5.74, 6) is -0.735. The van der Waals surface area contributed by atoms with Crippen molar-refractivity contribution in [2.45, 2.75) is 13.0 Å². The lowest BCUT2D eigenvalue weighted by Gasteiger charge is -2.18. The summed E-state index contributed by atoms with van der Waals surface area (Å²) in [6.45, 7) is 0.570. The Morgan fingerprint density at radius 3 is 2.74 bits per heavy atom. The second kappa shape index (κ2) is 7.39. The number of halogens is 1. The molecular weight excluding hydrogens is 377 g/mol. The number of methoxy groups -OCH3 is 1. The van der Waals surface area contributed by atoms with Gasteiger partial charge in [-0.25, -0.2) is 8.42 Å². The highest BCUT2D eigenvalue weighted by Gasteiger charge is 2.28. The lowest BCUT2D eigenvalue weighted by molar-refractivity contribution is -0.386. The quantitative estimate of drug-likeness (QED) is 0.596. The first-order chi connectivity index (χ1) is 12.8. The SMILES string of the molecule is COc1cc(F)c([N+](=O)[O-])c(NCc2cccc(N3CCCS3(=O)=O)c2)c1. The molecule has 0 amide bonds. The van der Waals surface area contributed by atoms with Crippen molar-refractivity contribution in [2.75, 3.05) is 29.0 Å². The fraction of sp³-hybridized carbons (Fsp3) is 0.294. The molecule has 8 nitrogen and oxygen atoms in total. The standard InChI is InChI=1S/C17H18FN3O5S/c1-26-14-9-15(18)17(21(22)23)16(10-14)19-11-12-4-2-5-13(8-12)20-6-3-7-27(20,24)25/h2,4-5,8-10,19H,3,6-7,11H2,1H3. The second-order valence-corrected chi connectivity index (χ2v) is 8.04. The molecule has 0 atom stereocenters. The summed E-state index contributed by atoms with van der Waals surface area (Å²) in [4.78, 5) is 10.4. The minimum atomic E-state index is -3.30. The number of nitrogens with one attached hydrogen (secondary N) is 1. The van der Waals surface area contributed by atoms with Crippen LogP contribution in [0, 0.1) is 15.9 Å². The summed E-state index contributed by atoms with van der Waals surface area (Å²) >= 11 is 0. The van der Waals surface area contributed by atoms with E-state index in [1.807, 2.05) is 0 Å². The Morgan fingerprint density at radius 2 is 2.11 bits per heavy atom. The Morgan fingerprint density at radius 1 is 1.33 bits per heavy atom. The largest absolute Gasteiger partial charge is 0.497 e. The number of anilines is 2. The Kier molecular flexibility index (Phi) is 5.17. The molecule has 2 aromatic rings. The van der Waals surface area contributed by atoms with E-state index < -0.39 is 26.5 Å². The van der Waals surface area contributed by atoms with E-state index in [1.165, 1.54) is 17.5 Å². The van der Waals surface area contributed by atoms with E-state index in [-0.39, 0.29) is 23.7 Å². The molecule has 0 spiro atoms. The first kappa shape index (κ1) is 18.9. The molecule has 10 heteroatoms. The zero-order valence-corrected chi connectivity index (χ0v) is 15.3. The maximum Gasteiger partial charge on any atom is 0.327 e. The van der Waals surface area contributed by atoms with Gasteiger partial charge in [-0.2, -0.15) is 4.39 Å². The molecule has 1 fully saturated rings. The highest BCUT2D eigenvalue weighted by molar-refractivity contribution is 7.93. The second-order valence-electron chi connectivity index (χ2n) is 6.03. The molecule has 1 heterocycles. The van der Waals surface area contributed by atoms with Crippen LogP contribution in [0.5, 0.6) is 5.75 Å². The fourth-order valence-electron chi connectivity index (χ4n) is 2.96. The third-order valence-corrected chi connectivity index (χ3v) is 6.11. The lowest BCUT2D eigenvalue weighted by Crippen LogP contribution is -2.25. The summed E-state index contributed by atoms with van der Waals surface area (Å²) in [6, 6.07) is 9.14. The predicted octanol–water partition coefficient (Wildman–Crippen LogP) is 2.89. The molecule has 2 aromatic carbocycles. The van der Waals surface area contributed by atoms with E-state index in [0.29, 0.717) is 24.2 Å². The van der Waals surface area contributed by atoms with Gasteiger partial charge in [-0.05, 0) is 24.1 Å². The average Bonchev–Trinajstić information content (AvgIpc) is 2.98. The number of benzene rings is 2. The molecule has 144 valence electrons. The molecule has 0 bridgehead atoms. The first-order valence-electron chi connectivity index (χ1n) is 8.17. The van der Waals surface area contributed by atoms with Crippen molar-refractivity contribution in [1.29, 1.82) is 0 Å². The van der Waals surface area contributed by atoms with Gasteiger partial charge in [-0.15, -0.1) is 0 Å². The van der Waals surface area contributed by atoms with Gasteiger partial charge in [0, 0.05) is 25.2 Å². The third kappa shape index (κ3) is 3.95. The van der Waals surface area contributed by atoms with E-state index in [1.54, 1.807) is 24.3 Å². The zero-order chi connectivity index (χ0) is 19.6. The van der Waals surface area contributed by atoms with Gasteiger partial charge in [0.2, 0.25) is 15.8 Å². The fourth-order valence-corrected chi connectivity index (χ4v) is 4.52. The van der Waals surface area contributed by atoms with E-state index in [0.717, 1.165) is 6.07 Å². The molecular formula is C17H18FN3O5S. The molecule has 0 radical (unpaired) electrons. The van der Waals surface area contributed by atoms with Crippen LogP contribution in [0.4, 0.5) is 21.5 Å². The number of hydrogen-bond acceptors (Lipinski definition) is 6. The number of nitro benzene ring substituents is 1. The Labute approximate surface area is 155 Å². The average molecular weight is 395 g/mol. The minimum Gasteiger partial charge on any atom is -0.497 e. The van der Waals surface area contributed by atoms with E-state index in [9.17, 15) is 22.9 Å². The number of hydrogen-bond donors (Lipinski definition) is 1. The smallest absolute Gasteiger partial charge is 0.327 e. The molecule has 27 heavy (non-hydrogen) atoms. The minimum absolute atomic E-state index is 0.0175. The van der Waals surface area contributed by atoms with Crippen molar-refractivity contribution in [3.63, 3.8) is 0 Å². The van der Waals surface area contributed by atoms with Crippen LogP contribution in [-0.2, 0) is 16.6 Å². The molecule has 1 N–H and O–H groups in total. The van der Waals surface area contributed by atoms with Gasteiger partial charge in [-0.3, -0.25) is 14.4 Å². The van der Waals surface area contributed by atoms with Crippen LogP contribution in [0.2, 0.25) is 0 Å². The zero-order valence-electron chi connectivity index (χ0n) is 14.5. The first-order valence-corrected chi connectivity index (χ1v) is 9.78. The maximum absolute atomic E-state index is 14.0. The number of sulfonamides is 1. The highest BCUT2D eigenvalue weighted by atomic mass is 32.2. The van der Waals surface area contributed by atoms with E-state index in [4.69, 9.17) is 4.74 Å². The van der Waals surface area contributed by atoms with Crippen molar-refractivity contribution in [2.24, 2.45) is 0 Å². The summed E-state index contributed by atoms with van der Waals surface area (Å²) in [7, 11) is -1.96. The highest BCUT2D eigenvalue weighted by Crippen LogP contribution is 2.33. The molecule has 3 rings (SSSR count). The van der Waals surface area contributed by atoms with Crippen molar-refractivity contribution >= 4 is 27.1 Å². The number of nitro groups is 1. The van der Waals surface area contributed by atoms with Gasteiger partial charge in [-0.1, -0.05) is 12.1 Å². The van der Waals surface area contributed by atoms with Gasteiger partial charge in [0.05, 0.1) is 23.5 Å². The van der Waals surface area contributed by atoms with Crippen molar-refractivity contribution in [1.82, 2.24) is 0 Å². The van der Waals surface area contributed by atoms with Crippen LogP contribution >= 0.6 is 0 Å². The van der Waals surface area contributed by atoms with Gasteiger partial charge >= 0.3 is 5.69 Å². The van der Waals surface area contributed by atoms with Gasteiger partial charge in [0.25, 0.3) is 0 Å². The number of rotatable bonds is 6. The van der Waals surface area contributed by atoms with Gasteiger partial charge < -0.3 is 10.1 Å². The molecule has 1 aliphatic heterocycles. The van der Waals surface area contributed by atoms with Crippen LogP contribution in [0.3, 0.4) is 0 Å². The van der Waals surface area contributed by atoms with Gasteiger partial charge in [0.1, 0.15) is 11.4 Å². The Bertz CT molecular complexity index is 981. The van der Waals surface area contributed by atoms with Crippen molar-refractivity contribution < 1.29 is 22.5 Å². The molecule has 0 aromatic heterocycles. The molecule has 1 saturated heterocycles.